The zero-order valence-electron chi connectivity index (χ0n) is 16.6. The molecule has 0 radical (unpaired) electrons. The standard InChI is InChI=1S/C21H19ClF3N5O/c1-31-12-18-28-17-11-30(20-16(22)3-2-9-26-20)10-8-15(17)19(29-18)27-14-6-4-13(5-7-14)21(23,24)25/h2-7,9H,8,10-12H2,1H3,(H,27,28,29). The molecule has 1 aliphatic heterocycles. The first-order valence-corrected chi connectivity index (χ1v) is 9.90. The highest BCUT2D eigenvalue weighted by Gasteiger charge is 2.30. The fourth-order valence-corrected chi connectivity index (χ4v) is 3.69. The average Bonchev–Trinajstić information content (AvgIpc) is 2.74. The van der Waals surface area contributed by atoms with E-state index in [0.717, 1.165) is 23.4 Å². The summed E-state index contributed by atoms with van der Waals surface area (Å²) < 4.78 is 43.7. The van der Waals surface area contributed by atoms with Gasteiger partial charge >= 0.3 is 6.18 Å². The summed E-state index contributed by atoms with van der Waals surface area (Å²) in [4.78, 5) is 15.6. The van der Waals surface area contributed by atoms with Crippen LogP contribution in [-0.2, 0) is 30.5 Å². The van der Waals surface area contributed by atoms with Crippen LogP contribution in [0.1, 0.15) is 22.6 Å². The monoisotopic (exact) mass is 449 g/mol. The van der Waals surface area contributed by atoms with Crippen molar-refractivity contribution in [3.8, 4) is 0 Å². The number of alkyl halides is 3. The Bertz CT molecular complexity index is 1080. The first kappa shape index (κ1) is 21.3. The third kappa shape index (κ3) is 4.72. The highest BCUT2D eigenvalue weighted by Crippen LogP contribution is 2.33. The number of methoxy groups -OCH3 is 1. The Hall–Kier alpha value is -2.91. The number of nitrogens with one attached hydrogen (secondary N) is 1. The first-order chi connectivity index (χ1) is 14.8. The minimum Gasteiger partial charge on any atom is -0.377 e. The van der Waals surface area contributed by atoms with E-state index in [2.05, 4.69) is 20.3 Å². The number of rotatable bonds is 5. The summed E-state index contributed by atoms with van der Waals surface area (Å²) in [6.07, 6.45) is -2.07. The van der Waals surface area contributed by atoms with E-state index >= 15 is 0 Å². The van der Waals surface area contributed by atoms with Gasteiger partial charge in [0.1, 0.15) is 18.2 Å². The summed E-state index contributed by atoms with van der Waals surface area (Å²) in [6, 6.07) is 8.40. The molecule has 162 valence electrons. The van der Waals surface area contributed by atoms with E-state index in [9.17, 15) is 13.2 Å². The van der Waals surface area contributed by atoms with Crippen LogP contribution < -0.4 is 10.2 Å². The van der Waals surface area contributed by atoms with Gasteiger partial charge < -0.3 is 15.0 Å². The third-order valence-corrected chi connectivity index (χ3v) is 5.19. The van der Waals surface area contributed by atoms with Gasteiger partial charge in [0.15, 0.2) is 5.82 Å². The maximum Gasteiger partial charge on any atom is 0.416 e. The number of halogens is 4. The lowest BCUT2D eigenvalue weighted by Gasteiger charge is -2.30. The van der Waals surface area contributed by atoms with E-state index in [1.807, 2.05) is 4.90 Å². The van der Waals surface area contributed by atoms with Gasteiger partial charge in [0.05, 0.1) is 22.8 Å². The van der Waals surface area contributed by atoms with Crippen molar-refractivity contribution in [1.82, 2.24) is 15.0 Å². The average molecular weight is 450 g/mol. The van der Waals surface area contributed by atoms with Crippen LogP contribution in [-0.4, -0.2) is 28.6 Å². The van der Waals surface area contributed by atoms with Gasteiger partial charge in [-0.1, -0.05) is 11.6 Å². The highest BCUT2D eigenvalue weighted by molar-refractivity contribution is 6.32. The van der Waals surface area contributed by atoms with Crippen molar-refractivity contribution in [2.75, 3.05) is 23.9 Å². The highest BCUT2D eigenvalue weighted by atomic mass is 35.5. The lowest BCUT2D eigenvalue weighted by atomic mass is 10.0. The second kappa shape index (κ2) is 8.68. The molecule has 1 aliphatic rings. The molecule has 10 heteroatoms. The summed E-state index contributed by atoms with van der Waals surface area (Å²) in [5.41, 5.74) is 1.51. The molecular weight excluding hydrogens is 431 g/mol. The van der Waals surface area contributed by atoms with Crippen LogP contribution in [0.2, 0.25) is 5.02 Å². The molecule has 4 rings (SSSR count). The molecule has 0 saturated carbocycles. The van der Waals surface area contributed by atoms with Gasteiger partial charge in [0.25, 0.3) is 0 Å². The number of nitrogens with zero attached hydrogens (tertiary/aromatic N) is 4. The second-order valence-corrected chi connectivity index (χ2v) is 7.43. The smallest absolute Gasteiger partial charge is 0.377 e. The molecule has 31 heavy (non-hydrogen) atoms. The Kier molecular flexibility index (Phi) is 5.97. The fourth-order valence-electron chi connectivity index (χ4n) is 3.45. The lowest BCUT2D eigenvalue weighted by Crippen LogP contribution is -2.33. The molecule has 0 unspecified atom stereocenters. The van der Waals surface area contributed by atoms with Crippen LogP contribution >= 0.6 is 11.6 Å². The van der Waals surface area contributed by atoms with Crippen LogP contribution in [0.5, 0.6) is 0 Å². The van der Waals surface area contributed by atoms with Crippen molar-refractivity contribution < 1.29 is 17.9 Å². The maximum absolute atomic E-state index is 12.8. The van der Waals surface area contributed by atoms with E-state index in [-0.39, 0.29) is 6.61 Å². The zero-order chi connectivity index (χ0) is 22.0. The van der Waals surface area contributed by atoms with E-state index in [4.69, 9.17) is 16.3 Å². The van der Waals surface area contributed by atoms with Gasteiger partial charge in [0, 0.05) is 31.1 Å². The number of anilines is 3. The van der Waals surface area contributed by atoms with Crippen LogP contribution in [0, 0.1) is 0 Å². The van der Waals surface area contributed by atoms with Crippen molar-refractivity contribution >= 4 is 28.9 Å². The van der Waals surface area contributed by atoms with E-state index < -0.39 is 11.7 Å². The predicted molar refractivity (Wildman–Crippen MR) is 111 cm³/mol. The number of hydrogen-bond acceptors (Lipinski definition) is 6. The van der Waals surface area contributed by atoms with Gasteiger partial charge in [-0.2, -0.15) is 13.2 Å². The SMILES string of the molecule is COCc1nc2c(c(Nc3ccc(C(F)(F)F)cc3)n1)CCN(c1ncccc1Cl)C2. The largest absolute Gasteiger partial charge is 0.416 e. The normalized spacial score (nSPS) is 13.8. The molecule has 2 aromatic heterocycles. The summed E-state index contributed by atoms with van der Waals surface area (Å²) in [5.74, 6) is 1.71. The van der Waals surface area contributed by atoms with Crippen LogP contribution in [0.4, 0.5) is 30.5 Å². The first-order valence-electron chi connectivity index (χ1n) is 9.52. The molecule has 0 fully saturated rings. The van der Waals surface area contributed by atoms with Gasteiger partial charge in [-0.05, 0) is 42.8 Å². The topological polar surface area (TPSA) is 63.2 Å². The molecule has 3 heterocycles. The number of aromatic nitrogens is 3. The Labute approximate surface area is 182 Å². The molecule has 0 aliphatic carbocycles. The molecule has 1 N–H and O–H groups in total. The molecule has 0 saturated heterocycles. The van der Waals surface area contributed by atoms with Crippen molar-refractivity contribution in [2.24, 2.45) is 0 Å². The zero-order valence-corrected chi connectivity index (χ0v) is 17.3. The van der Waals surface area contributed by atoms with Crippen LogP contribution in [0.25, 0.3) is 0 Å². The fraction of sp³-hybridized carbons (Fsp3) is 0.286. The van der Waals surface area contributed by atoms with Crippen molar-refractivity contribution in [3.05, 3.63) is 70.3 Å². The summed E-state index contributed by atoms with van der Waals surface area (Å²) in [7, 11) is 1.55. The van der Waals surface area contributed by atoms with Crippen molar-refractivity contribution in [3.63, 3.8) is 0 Å². The van der Waals surface area contributed by atoms with Crippen LogP contribution in [0.3, 0.4) is 0 Å². The van der Waals surface area contributed by atoms with Gasteiger partial charge in [0.2, 0.25) is 0 Å². The maximum atomic E-state index is 12.8. The molecule has 6 nitrogen and oxygen atoms in total. The molecule has 0 spiro atoms. The minimum atomic E-state index is -4.38. The number of fused-ring (bicyclic) bond motifs is 1. The molecule has 0 amide bonds. The van der Waals surface area contributed by atoms with E-state index in [0.29, 0.717) is 47.7 Å². The third-order valence-electron chi connectivity index (χ3n) is 4.90. The quantitative estimate of drug-likeness (QED) is 0.591. The Morgan fingerprint density at radius 1 is 1.16 bits per heavy atom. The Morgan fingerprint density at radius 3 is 2.61 bits per heavy atom. The van der Waals surface area contributed by atoms with Gasteiger partial charge in [-0.15, -0.1) is 0 Å². The van der Waals surface area contributed by atoms with Crippen molar-refractivity contribution in [1.29, 1.82) is 0 Å². The predicted octanol–water partition coefficient (Wildman–Crippen LogP) is 5.00. The summed E-state index contributed by atoms with van der Waals surface area (Å²) in [5, 5.41) is 3.70. The number of hydrogen-bond donors (Lipinski definition) is 1. The Morgan fingerprint density at radius 2 is 1.94 bits per heavy atom. The van der Waals surface area contributed by atoms with Gasteiger partial charge in [-0.25, -0.2) is 15.0 Å². The van der Waals surface area contributed by atoms with Gasteiger partial charge in [-0.3, -0.25) is 0 Å². The molecular formula is C21H19ClF3N5O. The summed E-state index contributed by atoms with van der Waals surface area (Å²) in [6.45, 7) is 1.34. The van der Waals surface area contributed by atoms with E-state index in [1.54, 1.807) is 25.4 Å². The van der Waals surface area contributed by atoms with Crippen LogP contribution in [0.15, 0.2) is 42.6 Å². The number of pyridine rings is 1. The van der Waals surface area contributed by atoms with Crippen molar-refractivity contribution in [2.45, 2.75) is 25.7 Å². The molecule has 0 bridgehead atoms. The lowest BCUT2D eigenvalue weighted by molar-refractivity contribution is -0.137. The Balaban J connectivity index is 1.64. The molecule has 1 aromatic carbocycles. The summed E-state index contributed by atoms with van der Waals surface area (Å²) >= 11 is 6.30. The second-order valence-electron chi connectivity index (χ2n) is 7.03. The molecule has 3 aromatic rings. The molecule has 0 atom stereocenters. The number of ether oxygens (including phenoxy) is 1. The minimum absolute atomic E-state index is 0.208. The van der Waals surface area contributed by atoms with E-state index in [1.165, 1.54) is 12.1 Å². The number of benzene rings is 1.